The van der Waals surface area contributed by atoms with Gasteiger partial charge < -0.3 is 5.32 Å². The molecule has 1 fully saturated rings. The Bertz CT molecular complexity index is 588. The third-order valence-corrected chi connectivity index (χ3v) is 4.63. The Hall–Kier alpha value is -1.02. The van der Waals surface area contributed by atoms with E-state index >= 15 is 0 Å². The predicted molar refractivity (Wildman–Crippen MR) is 89.9 cm³/mol. The Kier molecular flexibility index (Phi) is 4.54. The smallest absolute Gasteiger partial charge is 0.0406 e. The molecule has 0 saturated heterocycles. The molecule has 1 unspecified atom stereocenters. The van der Waals surface area contributed by atoms with Crippen LogP contribution < -0.4 is 5.32 Å². The first-order valence-corrected chi connectivity index (χ1v) is 8.16. The van der Waals surface area contributed by atoms with Crippen molar-refractivity contribution in [2.45, 2.75) is 31.8 Å². The second-order valence-electron chi connectivity index (χ2n) is 5.81. The van der Waals surface area contributed by atoms with E-state index in [1.54, 1.807) is 0 Å². The van der Waals surface area contributed by atoms with Crippen LogP contribution in [0.4, 0.5) is 0 Å². The number of nitrogens with one attached hydrogen (secondary N) is 1. The van der Waals surface area contributed by atoms with Crippen molar-refractivity contribution in [3.63, 3.8) is 0 Å². The molecule has 2 atom stereocenters. The van der Waals surface area contributed by atoms with Gasteiger partial charge in [-0.05, 0) is 61.1 Å². The molecule has 3 heteroatoms. The Morgan fingerprint density at radius 1 is 0.857 bits per heavy atom. The first kappa shape index (κ1) is 14.9. The maximum absolute atomic E-state index is 6.00. The van der Waals surface area contributed by atoms with Gasteiger partial charge in [-0.1, -0.05) is 47.5 Å². The van der Waals surface area contributed by atoms with E-state index in [0.29, 0.717) is 12.1 Å². The molecule has 0 aromatic heterocycles. The van der Waals surface area contributed by atoms with Crippen LogP contribution in [0.2, 0.25) is 10.0 Å². The summed E-state index contributed by atoms with van der Waals surface area (Å²) in [5.41, 5.74) is 2.58. The summed E-state index contributed by atoms with van der Waals surface area (Å²) in [5, 5.41) is 5.34. The summed E-state index contributed by atoms with van der Waals surface area (Å²) in [6, 6.07) is 17.0. The highest BCUT2D eigenvalue weighted by molar-refractivity contribution is 6.30. The zero-order valence-electron chi connectivity index (χ0n) is 12.0. The zero-order valence-corrected chi connectivity index (χ0v) is 13.5. The van der Waals surface area contributed by atoms with Crippen molar-refractivity contribution in [2.75, 3.05) is 0 Å². The summed E-state index contributed by atoms with van der Waals surface area (Å²) in [7, 11) is 0. The van der Waals surface area contributed by atoms with Crippen molar-refractivity contribution in [3.8, 4) is 0 Å². The van der Waals surface area contributed by atoms with Crippen molar-refractivity contribution in [2.24, 2.45) is 5.92 Å². The highest BCUT2D eigenvalue weighted by atomic mass is 35.5. The zero-order chi connectivity index (χ0) is 14.8. The maximum atomic E-state index is 6.00. The molecule has 110 valence electrons. The van der Waals surface area contributed by atoms with E-state index in [1.807, 2.05) is 24.3 Å². The van der Waals surface area contributed by atoms with Gasteiger partial charge in [0.25, 0.3) is 0 Å². The van der Waals surface area contributed by atoms with Gasteiger partial charge in [0.2, 0.25) is 0 Å². The molecule has 1 aliphatic carbocycles. The van der Waals surface area contributed by atoms with Gasteiger partial charge in [-0.2, -0.15) is 0 Å². The van der Waals surface area contributed by atoms with E-state index in [2.05, 4.69) is 36.5 Å². The lowest BCUT2D eigenvalue weighted by Gasteiger charge is -2.24. The maximum Gasteiger partial charge on any atom is 0.0406 e. The summed E-state index contributed by atoms with van der Waals surface area (Å²) in [4.78, 5) is 0. The Balaban J connectivity index is 1.76. The van der Waals surface area contributed by atoms with E-state index in [-0.39, 0.29) is 0 Å². The number of rotatable bonds is 5. The standard InChI is InChI=1S/C18H19Cl2N/c1-12(13-4-8-16(19)9-5-13)21-18(14-2-3-14)15-6-10-17(20)11-7-15/h4-12,14,18,21H,2-3H2,1H3/t12-,18?/m0/s1. The van der Waals surface area contributed by atoms with Crippen LogP contribution in [-0.2, 0) is 0 Å². The summed E-state index contributed by atoms with van der Waals surface area (Å²) in [6.07, 6.45) is 2.60. The first-order valence-electron chi connectivity index (χ1n) is 7.40. The second-order valence-corrected chi connectivity index (χ2v) is 6.68. The van der Waals surface area contributed by atoms with Crippen molar-refractivity contribution in [3.05, 3.63) is 69.7 Å². The van der Waals surface area contributed by atoms with Crippen LogP contribution in [0.25, 0.3) is 0 Å². The van der Waals surface area contributed by atoms with Gasteiger partial charge in [0.1, 0.15) is 0 Å². The lowest BCUT2D eigenvalue weighted by atomic mass is 9.99. The van der Waals surface area contributed by atoms with Crippen LogP contribution in [0.1, 0.15) is 43.0 Å². The highest BCUT2D eigenvalue weighted by Crippen LogP contribution is 2.42. The first-order chi connectivity index (χ1) is 10.1. The number of benzene rings is 2. The average molecular weight is 320 g/mol. The fourth-order valence-electron chi connectivity index (χ4n) is 2.72. The summed E-state index contributed by atoms with van der Waals surface area (Å²) < 4.78 is 0. The summed E-state index contributed by atoms with van der Waals surface area (Å²) >= 11 is 12.0. The van der Waals surface area contributed by atoms with Crippen molar-refractivity contribution in [1.29, 1.82) is 0 Å². The van der Waals surface area contributed by atoms with Crippen LogP contribution in [0.15, 0.2) is 48.5 Å². The molecule has 1 N–H and O–H groups in total. The summed E-state index contributed by atoms with van der Waals surface area (Å²) in [6.45, 7) is 2.20. The molecule has 0 aliphatic heterocycles. The lowest BCUT2D eigenvalue weighted by Crippen LogP contribution is -2.26. The van der Waals surface area contributed by atoms with Crippen LogP contribution in [0, 0.1) is 5.92 Å². The third-order valence-electron chi connectivity index (χ3n) is 4.12. The molecule has 1 aliphatic rings. The largest absolute Gasteiger partial charge is 0.303 e. The lowest BCUT2D eigenvalue weighted by molar-refractivity contribution is 0.427. The molecule has 1 nitrogen and oxygen atoms in total. The Labute approximate surface area is 136 Å². The Morgan fingerprint density at radius 2 is 1.33 bits per heavy atom. The van der Waals surface area contributed by atoms with E-state index in [0.717, 1.165) is 16.0 Å². The van der Waals surface area contributed by atoms with E-state index in [9.17, 15) is 0 Å². The van der Waals surface area contributed by atoms with E-state index in [1.165, 1.54) is 24.0 Å². The van der Waals surface area contributed by atoms with E-state index in [4.69, 9.17) is 23.2 Å². The molecule has 3 rings (SSSR count). The van der Waals surface area contributed by atoms with E-state index < -0.39 is 0 Å². The molecule has 0 amide bonds. The average Bonchev–Trinajstić information content (AvgIpc) is 3.31. The summed E-state index contributed by atoms with van der Waals surface area (Å²) in [5.74, 6) is 0.737. The molecule has 0 radical (unpaired) electrons. The quantitative estimate of drug-likeness (QED) is 0.734. The van der Waals surface area contributed by atoms with Gasteiger partial charge in [0.05, 0.1) is 0 Å². The number of halogens is 2. The second kappa shape index (κ2) is 6.39. The van der Waals surface area contributed by atoms with Gasteiger partial charge in [-0.3, -0.25) is 0 Å². The fraction of sp³-hybridized carbons (Fsp3) is 0.333. The molecule has 1 saturated carbocycles. The number of hydrogen-bond acceptors (Lipinski definition) is 1. The van der Waals surface area contributed by atoms with Crippen LogP contribution >= 0.6 is 23.2 Å². The topological polar surface area (TPSA) is 12.0 Å². The van der Waals surface area contributed by atoms with Gasteiger partial charge in [0, 0.05) is 22.1 Å². The monoisotopic (exact) mass is 319 g/mol. The minimum absolute atomic E-state index is 0.295. The van der Waals surface area contributed by atoms with Crippen LogP contribution in [0.5, 0.6) is 0 Å². The van der Waals surface area contributed by atoms with Crippen molar-refractivity contribution >= 4 is 23.2 Å². The van der Waals surface area contributed by atoms with Crippen LogP contribution in [0.3, 0.4) is 0 Å². The Morgan fingerprint density at radius 3 is 1.81 bits per heavy atom. The molecular formula is C18H19Cl2N. The molecule has 2 aromatic rings. The van der Waals surface area contributed by atoms with Crippen LogP contribution in [-0.4, -0.2) is 0 Å². The SMILES string of the molecule is C[C@H](NC(c1ccc(Cl)cc1)C1CC1)c1ccc(Cl)cc1. The van der Waals surface area contributed by atoms with Gasteiger partial charge >= 0.3 is 0 Å². The highest BCUT2D eigenvalue weighted by Gasteiger charge is 2.33. The molecular weight excluding hydrogens is 301 g/mol. The molecule has 0 spiro atoms. The van der Waals surface area contributed by atoms with Gasteiger partial charge in [-0.15, -0.1) is 0 Å². The minimum Gasteiger partial charge on any atom is -0.303 e. The molecule has 2 aromatic carbocycles. The third kappa shape index (κ3) is 3.79. The molecule has 0 heterocycles. The minimum atomic E-state index is 0.295. The predicted octanol–water partition coefficient (Wildman–Crippen LogP) is 5.80. The van der Waals surface area contributed by atoms with Gasteiger partial charge in [0.15, 0.2) is 0 Å². The fourth-order valence-corrected chi connectivity index (χ4v) is 2.97. The molecule has 0 bridgehead atoms. The normalized spacial score (nSPS) is 17.5. The number of hydrogen-bond donors (Lipinski definition) is 1. The molecule has 21 heavy (non-hydrogen) atoms. The van der Waals surface area contributed by atoms with Gasteiger partial charge in [-0.25, -0.2) is 0 Å². The van der Waals surface area contributed by atoms with Crippen molar-refractivity contribution in [1.82, 2.24) is 5.32 Å². The van der Waals surface area contributed by atoms with Crippen molar-refractivity contribution < 1.29 is 0 Å².